The van der Waals surface area contributed by atoms with Crippen LogP contribution in [-0.4, -0.2) is 33.1 Å². The third kappa shape index (κ3) is 5.36. The molecule has 0 aliphatic heterocycles. The lowest BCUT2D eigenvalue weighted by atomic mass is 10.1. The lowest BCUT2D eigenvalue weighted by Gasteiger charge is -2.14. The largest absolute Gasteiger partial charge is 0.496 e. The van der Waals surface area contributed by atoms with Crippen molar-refractivity contribution < 1.29 is 28.5 Å². The summed E-state index contributed by atoms with van der Waals surface area (Å²) >= 11 is 3.35. The van der Waals surface area contributed by atoms with Crippen LogP contribution in [0.4, 0.5) is 0 Å². The van der Waals surface area contributed by atoms with E-state index in [0.29, 0.717) is 28.4 Å². The summed E-state index contributed by atoms with van der Waals surface area (Å²) < 4.78 is 22.4. The summed E-state index contributed by atoms with van der Waals surface area (Å²) in [5, 5.41) is 0. The molecule has 0 heterocycles. The fourth-order valence-electron chi connectivity index (χ4n) is 2.96. The number of ketones is 1. The molecule has 3 aromatic carbocycles. The Bertz CT molecular complexity index is 1130. The number of ether oxygens (including phenoxy) is 4. The Morgan fingerprint density at radius 3 is 2.00 bits per heavy atom. The van der Waals surface area contributed by atoms with Gasteiger partial charge in [0.1, 0.15) is 17.1 Å². The monoisotopic (exact) mass is 496 g/mol. The van der Waals surface area contributed by atoms with Gasteiger partial charge in [-0.25, -0.2) is 4.79 Å². The first-order valence-electron chi connectivity index (χ1n) is 9.56. The van der Waals surface area contributed by atoms with Crippen LogP contribution >= 0.6 is 15.9 Å². The van der Waals surface area contributed by atoms with E-state index in [1.54, 1.807) is 54.6 Å². The third-order valence-electron chi connectivity index (χ3n) is 4.58. The van der Waals surface area contributed by atoms with Crippen LogP contribution in [0.15, 0.2) is 71.2 Å². The maximum Gasteiger partial charge on any atom is 0.351 e. The maximum absolute atomic E-state index is 12.8. The van der Waals surface area contributed by atoms with Gasteiger partial charge in [-0.3, -0.25) is 4.79 Å². The van der Waals surface area contributed by atoms with Crippen LogP contribution in [0.5, 0.6) is 23.0 Å². The van der Waals surface area contributed by atoms with Crippen LogP contribution < -0.4 is 18.9 Å². The normalized spacial score (nSPS) is 10.6. The predicted molar refractivity (Wildman–Crippen MR) is 125 cm³/mol. The molecule has 3 rings (SSSR count). The minimum Gasteiger partial charge on any atom is -0.496 e. The highest BCUT2D eigenvalue weighted by Crippen LogP contribution is 2.33. The van der Waals surface area contributed by atoms with E-state index in [1.165, 1.54) is 27.4 Å². The number of methoxy groups -OCH3 is 3. The molecule has 0 N–H and O–H groups in total. The molecule has 164 valence electrons. The molecule has 32 heavy (non-hydrogen) atoms. The van der Waals surface area contributed by atoms with Crippen molar-refractivity contribution in [3.63, 3.8) is 0 Å². The summed E-state index contributed by atoms with van der Waals surface area (Å²) in [6, 6.07) is 17.1. The van der Waals surface area contributed by atoms with Crippen LogP contribution in [0.1, 0.15) is 26.3 Å². The van der Waals surface area contributed by atoms with Crippen LogP contribution in [0.2, 0.25) is 0 Å². The standard InChI is InChI=1S/C25H21BrO6/c1-29-21-5-4-6-22(30-2)24(21)25(28)32-20-14-8-16(15-23(20)31-3)7-13-19(27)17-9-11-18(26)12-10-17/h4-15H,1-3H3. The van der Waals surface area contributed by atoms with Gasteiger partial charge in [0.05, 0.1) is 21.3 Å². The van der Waals surface area contributed by atoms with Crippen LogP contribution in [-0.2, 0) is 0 Å². The molecule has 7 heteroatoms. The highest BCUT2D eigenvalue weighted by atomic mass is 79.9. The molecule has 0 saturated heterocycles. The average molecular weight is 497 g/mol. The van der Waals surface area contributed by atoms with E-state index in [0.717, 1.165) is 4.47 Å². The molecule has 0 unspecified atom stereocenters. The van der Waals surface area contributed by atoms with Crippen LogP contribution in [0, 0.1) is 0 Å². The van der Waals surface area contributed by atoms with Gasteiger partial charge in [-0.1, -0.05) is 34.1 Å². The highest BCUT2D eigenvalue weighted by Gasteiger charge is 2.21. The molecule has 0 bridgehead atoms. The molecule has 0 amide bonds. The minimum absolute atomic E-state index is 0.129. The second kappa shape index (κ2) is 10.6. The zero-order valence-electron chi connectivity index (χ0n) is 17.8. The zero-order valence-corrected chi connectivity index (χ0v) is 19.3. The Morgan fingerprint density at radius 1 is 0.781 bits per heavy atom. The SMILES string of the molecule is COc1cc(C=CC(=O)c2ccc(Br)cc2)ccc1OC(=O)c1c(OC)cccc1OC. The number of hydrogen-bond donors (Lipinski definition) is 0. The second-order valence-corrected chi connectivity index (χ2v) is 7.46. The quantitative estimate of drug-likeness (QED) is 0.175. The molecule has 0 radical (unpaired) electrons. The Labute approximate surface area is 194 Å². The summed E-state index contributed by atoms with van der Waals surface area (Å²) in [5.41, 5.74) is 1.46. The summed E-state index contributed by atoms with van der Waals surface area (Å²) in [7, 11) is 4.39. The second-order valence-electron chi connectivity index (χ2n) is 6.54. The summed E-state index contributed by atoms with van der Waals surface area (Å²) in [6.07, 6.45) is 3.14. The predicted octanol–water partition coefficient (Wildman–Crippen LogP) is 5.59. The fraction of sp³-hybridized carbons (Fsp3) is 0.120. The smallest absolute Gasteiger partial charge is 0.351 e. The van der Waals surface area contributed by atoms with Crippen LogP contribution in [0.3, 0.4) is 0 Å². The molecule has 0 saturated carbocycles. The molecule has 0 aliphatic rings. The first-order chi connectivity index (χ1) is 15.5. The van der Waals surface area contributed by atoms with Gasteiger partial charge in [0.25, 0.3) is 0 Å². The van der Waals surface area contributed by atoms with Crippen molar-refractivity contribution in [3.8, 4) is 23.0 Å². The summed E-state index contributed by atoms with van der Waals surface area (Å²) in [4.78, 5) is 25.2. The number of allylic oxidation sites excluding steroid dienone is 1. The minimum atomic E-state index is -0.647. The van der Waals surface area contributed by atoms with Crippen molar-refractivity contribution >= 4 is 33.8 Å². The number of hydrogen-bond acceptors (Lipinski definition) is 6. The van der Waals surface area contributed by atoms with Gasteiger partial charge in [-0.05, 0) is 60.2 Å². The van der Waals surface area contributed by atoms with Crippen molar-refractivity contribution in [2.45, 2.75) is 0 Å². The molecule has 0 spiro atoms. The fourth-order valence-corrected chi connectivity index (χ4v) is 3.22. The van der Waals surface area contributed by atoms with Crippen molar-refractivity contribution in [2.75, 3.05) is 21.3 Å². The molecule has 0 aliphatic carbocycles. The summed E-state index contributed by atoms with van der Waals surface area (Å²) in [5.74, 6) is 0.451. The van der Waals surface area contributed by atoms with Gasteiger partial charge < -0.3 is 18.9 Å². The maximum atomic E-state index is 12.8. The van der Waals surface area contributed by atoms with Crippen molar-refractivity contribution in [2.24, 2.45) is 0 Å². The van der Waals surface area contributed by atoms with Crippen LogP contribution in [0.25, 0.3) is 6.08 Å². The number of carbonyl (C=O) groups excluding carboxylic acids is 2. The van der Waals surface area contributed by atoms with E-state index in [9.17, 15) is 9.59 Å². The van der Waals surface area contributed by atoms with Gasteiger partial charge in [0.15, 0.2) is 17.3 Å². The molecule has 0 fully saturated rings. The summed E-state index contributed by atoms with van der Waals surface area (Å²) in [6.45, 7) is 0. The number of esters is 1. The first kappa shape index (κ1) is 23.1. The number of benzene rings is 3. The van der Waals surface area contributed by atoms with E-state index >= 15 is 0 Å². The lowest BCUT2D eigenvalue weighted by molar-refractivity contribution is 0.0722. The third-order valence-corrected chi connectivity index (χ3v) is 5.11. The van der Waals surface area contributed by atoms with E-state index in [2.05, 4.69) is 15.9 Å². The molecular formula is C25H21BrO6. The van der Waals surface area contributed by atoms with Gasteiger partial charge in [0.2, 0.25) is 0 Å². The Kier molecular flexibility index (Phi) is 7.68. The van der Waals surface area contributed by atoms with Crippen molar-refractivity contribution in [1.82, 2.24) is 0 Å². The van der Waals surface area contributed by atoms with Gasteiger partial charge in [-0.15, -0.1) is 0 Å². The molecule has 6 nitrogen and oxygen atoms in total. The Balaban J connectivity index is 1.81. The molecule has 0 atom stereocenters. The van der Waals surface area contributed by atoms with Gasteiger partial charge >= 0.3 is 5.97 Å². The number of rotatable bonds is 8. The molecule has 0 aromatic heterocycles. The topological polar surface area (TPSA) is 71.1 Å². The van der Waals surface area contributed by atoms with Gasteiger partial charge in [-0.2, -0.15) is 0 Å². The lowest BCUT2D eigenvalue weighted by Crippen LogP contribution is -2.12. The van der Waals surface area contributed by atoms with E-state index < -0.39 is 5.97 Å². The van der Waals surface area contributed by atoms with Crippen molar-refractivity contribution in [3.05, 3.63) is 87.9 Å². The Morgan fingerprint density at radius 2 is 1.41 bits per heavy atom. The first-order valence-corrected chi connectivity index (χ1v) is 10.3. The van der Waals surface area contributed by atoms with E-state index in [1.807, 2.05) is 12.1 Å². The number of carbonyl (C=O) groups is 2. The van der Waals surface area contributed by atoms with Crippen molar-refractivity contribution in [1.29, 1.82) is 0 Å². The van der Waals surface area contributed by atoms with Gasteiger partial charge in [0, 0.05) is 10.0 Å². The molecular weight excluding hydrogens is 476 g/mol. The average Bonchev–Trinajstić information content (AvgIpc) is 2.82. The Hall–Kier alpha value is -3.58. The molecule has 3 aromatic rings. The van der Waals surface area contributed by atoms with E-state index in [4.69, 9.17) is 18.9 Å². The number of halogens is 1. The van der Waals surface area contributed by atoms with E-state index in [-0.39, 0.29) is 17.1 Å². The zero-order chi connectivity index (χ0) is 23.1. The highest BCUT2D eigenvalue weighted by molar-refractivity contribution is 9.10.